The molecule has 1 amide bonds. The zero-order valence-corrected chi connectivity index (χ0v) is 19.1. The van der Waals surface area contributed by atoms with Gasteiger partial charge in [-0.2, -0.15) is 4.99 Å². The van der Waals surface area contributed by atoms with Crippen LogP contribution in [0.25, 0.3) is 16.3 Å². The predicted molar refractivity (Wildman–Crippen MR) is 125 cm³/mol. The highest BCUT2D eigenvalue weighted by atomic mass is 32.1. The Morgan fingerprint density at radius 2 is 1.91 bits per heavy atom. The summed E-state index contributed by atoms with van der Waals surface area (Å²) < 4.78 is 19.0. The van der Waals surface area contributed by atoms with Crippen LogP contribution >= 0.6 is 11.3 Å². The number of nitro groups is 1. The Labute approximate surface area is 197 Å². The number of aryl methyl sites for hydroxylation is 1. The number of thiazole rings is 1. The summed E-state index contributed by atoms with van der Waals surface area (Å²) >= 11 is 1.30. The van der Waals surface area contributed by atoms with Crippen LogP contribution < -0.4 is 14.3 Å². The van der Waals surface area contributed by atoms with Gasteiger partial charge in [0.25, 0.3) is 11.6 Å². The summed E-state index contributed by atoms with van der Waals surface area (Å²) in [5, 5.41) is 10.8. The normalized spacial score (nSPS) is 13.4. The number of nitrogens with zero attached hydrogens (tertiary/aromatic N) is 3. The van der Waals surface area contributed by atoms with E-state index in [1.165, 1.54) is 35.6 Å². The first kappa shape index (κ1) is 23.2. The smallest absolute Gasteiger partial charge is 0.307 e. The lowest BCUT2D eigenvalue weighted by atomic mass is 10.2. The predicted octanol–water partition coefficient (Wildman–Crippen LogP) is 3.48. The first-order chi connectivity index (χ1) is 16.4. The number of amides is 1. The molecule has 0 fully saturated rings. The van der Waals surface area contributed by atoms with E-state index in [2.05, 4.69) is 4.99 Å². The number of fused-ring (bicyclic) bond motifs is 2. The molecule has 11 heteroatoms. The maximum Gasteiger partial charge on any atom is 0.307 e. The number of nitro benzene ring substituents is 1. The van der Waals surface area contributed by atoms with Gasteiger partial charge in [0.2, 0.25) is 0 Å². The van der Waals surface area contributed by atoms with Gasteiger partial charge in [0.05, 0.1) is 28.2 Å². The molecule has 176 valence electrons. The van der Waals surface area contributed by atoms with Crippen molar-refractivity contribution in [2.24, 2.45) is 4.99 Å². The Morgan fingerprint density at radius 3 is 2.59 bits per heavy atom. The highest BCUT2D eigenvalue weighted by molar-refractivity contribution is 7.16. The molecule has 2 aromatic carbocycles. The molecule has 10 nitrogen and oxygen atoms in total. The van der Waals surface area contributed by atoms with Crippen LogP contribution in [0.15, 0.2) is 47.5 Å². The summed E-state index contributed by atoms with van der Waals surface area (Å²) in [6.07, 6.45) is 2.94. The lowest BCUT2D eigenvalue weighted by molar-refractivity contribution is -0.384. The fourth-order valence-electron chi connectivity index (χ4n) is 3.35. The third-order valence-electron chi connectivity index (χ3n) is 4.92. The number of aromatic nitrogens is 1. The molecule has 0 radical (unpaired) electrons. The number of rotatable bonds is 7. The molecule has 4 rings (SSSR count). The monoisotopic (exact) mass is 483 g/mol. The van der Waals surface area contributed by atoms with Crippen LogP contribution in [0, 0.1) is 10.1 Å². The minimum atomic E-state index is -0.507. The number of carbonyl (C=O) groups is 2. The molecule has 0 N–H and O–H groups in total. The highest BCUT2D eigenvalue weighted by Gasteiger charge is 2.17. The van der Waals surface area contributed by atoms with Crippen LogP contribution in [0.3, 0.4) is 0 Å². The second-order valence-corrected chi connectivity index (χ2v) is 8.20. The minimum absolute atomic E-state index is 0.0308. The van der Waals surface area contributed by atoms with Crippen molar-refractivity contribution in [3.05, 3.63) is 63.0 Å². The zero-order valence-electron chi connectivity index (χ0n) is 18.3. The van der Waals surface area contributed by atoms with Crippen LogP contribution in [-0.2, 0) is 20.9 Å². The van der Waals surface area contributed by atoms with E-state index in [9.17, 15) is 19.7 Å². The van der Waals surface area contributed by atoms with Crippen molar-refractivity contribution in [1.82, 2.24) is 4.57 Å². The molecule has 0 saturated heterocycles. The fraction of sp³-hybridized carbons (Fsp3) is 0.261. The quantitative estimate of drug-likeness (QED) is 0.218. The van der Waals surface area contributed by atoms with Gasteiger partial charge < -0.3 is 18.8 Å². The van der Waals surface area contributed by atoms with E-state index in [4.69, 9.17) is 14.2 Å². The second-order valence-electron chi connectivity index (χ2n) is 7.19. The Kier molecular flexibility index (Phi) is 7.02. The van der Waals surface area contributed by atoms with Crippen LogP contribution in [0.4, 0.5) is 5.69 Å². The van der Waals surface area contributed by atoms with Crippen LogP contribution in [-0.4, -0.2) is 41.2 Å². The molecule has 0 aliphatic carbocycles. The molecule has 3 aromatic rings. The highest BCUT2D eigenvalue weighted by Crippen LogP contribution is 2.35. The molecule has 1 aliphatic heterocycles. The summed E-state index contributed by atoms with van der Waals surface area (Å²) in [6, 6.07) is 9.48. The fourth-order valence-corrected chi connectivity index (χ4v) is 4.42. The molecule has 0 saturated carbocycles. The number of benzene rings is 2. The van der Waals surface area contributed by atoms with E-state index in [1.54, 1.807) is 23.6 Å². The van der Waals surface area contributed by atoms with Gasteiger partial charge in [-0.1, -0.05) is 11.3 Å². The van der Waals surface area contributed by atoms with Crippen molar-refractivity contribution in [2.45, 2.75) is 19.9 Å². The van der Waals surface area contributed by atoms with E-state index in [0.717, 1.165) is 10.2 Å². The molecule has 0 unspecified atom stereocenters. The maximum atomic E-state index is 12.6. The molecular weight excluding hydrogens is 462 g/mol. The number of hydrogen-bond acceptors (Lipinski definition) is 8. The summed E-state index contributed by atoms with van der Waals surface area (Å²) in [7, 11) is 0. The Bertz CT molecular complexity index is 1340. The van der Waals surface area contributed by atoms with Gasteiger partial charge in [-0.05, 0) is 30.7 Å². The minimum Gasteiger partial charge on any atom is -0.486 e. The van der Waals surface area contributed by atoms with Gasteiger partial charge in [0.1, 0.15) is 13.2 Å². The SMILES string of the molecule is CCOC(=O)CCn1c(=NC(=O)/C=C/c2ccc([N+](=O)[O-])cc2)sc2cc3c(cc21)OCCO3. The number of non-ortho nitro benzene ring substituents is 1. The van der Waals surface area contributed by atoms with Crippen molar-refractivity contribution in [1.29, 1.82) is 0 Å². The standard InChI is InChI=1S/C23H21N3O7S/c1-2-31-22(28)9-10-25-17-13-18-19(33-12-11-32-18)14-20(17)34-23(25)24-21(27)8-5-15-3-6-16(7-4-15)26(29)30/h3-8,13-14H,2,9-12H2,1H3/b8-5+,24-23?. The molecular formula is C23H21N3O7S. The van der Waals surface area contributed by atoms with Gasteiger partial charge >= 0.3 is 5.97 Å². The van der Waals surface area contributed by atoms with Gasteiger partial charge in [0, 0.05) is 36.9 Å². The Morgan fingerprint density at radius 1 is 1.21 bits per heavy atom. The molecule has 0 spiro atoms. The maximum absolute atomic E-state index is 12.6. The van der Waals surface area contributed by atoms with Crippen molar-refractivity contribution >= 4 is 45.2 Å². The van der Waals surface area contributed by atoms with Crippen LogP contribution in [0.1, 0.15) is 18.9 Å². The summed E-state index contributed by atoms with van der Waals surface area (Å²) in [5.74, 6) is 0.361. The van der Waals surface area contributed by atoms with Gasteiger partial charge in [-0.3, -0.25) is 19.7 Å². The average molecular weight is 484 g/mol. The summed E-state index contributed by atoms with van der Waals surface area (Å²) in [4.78, 5) is 39.4. The number of carbonyl (C=O) groups excluding carboxylic acids is 2. The lowest BCUT2D eigenvalue weighted by Gasteiger charge is -2.18. The molecule has 34 heavy (non-hydrogen) atoms. The third kappa shape index (κ3) is 5.31. The van der Waals surface area contributed by atoms with Gasteiger partial charge in [-0.25, -0.2) is 0 Å². The zero-order chi connectivity index (χ0) is 24.1. The molecule has 2 heterocycles. The third-order valence-corrected chi connectivity index (χ3v) is 5.96. The van der Waals surface area contributed by atoms with Gasteiger partial charge in [0.15, 0.2) is 16.3 Å². The first-order valence-corrected chi connectivity index (χ1v) is 11.4. The van der Waals surface area contributed by atoms with E-state index in [0.29, 0.717) is 35.1 Å². The summed E-state index contributed by atoms with van der Waals surface area (Å²) in [6.45, 7) is 3.20. The largest absolute Gasteiger partial charge is 0.486 e. The van der Waals surface area contributed by atoms with Crippen LogP contribution in [0.2, 0.25) is 0 Å². The van der Waals surface area contributed by atoms with E-state index < -0.39 is 10.8 Å². The number of hydrogen-bond donors (Lipinski definition) is 0. The summed E-state index contributed by atoms with van der Waals surface area (Å²) in [5.41, 5.74) is 1.36. The molecule has 1 aliphatic rings. The second kappa shape index (κ2) is 10.3. The van der Waals surface area contributed by atoms with Crippen molar-refractivity contribution in [3.8, 4) is 11.5 Å². The first-order valence-electron chi connectivity index (χ1n) is 10.5. The Hall–Kier alpha value is -3.99. The number of ether oxygens (including phenoxy) is 3. The topological polar surface area (TPSA) is 122 Å². The van der Waals surface area contributed by atoms with Crippen molar-refractivity contribution in [2.75, 3.05) is 19.8 Å². The lowest BCUT2D eigenvalue weighted by Crippen LogP contribution is -2.19. The van der Waals surface area contributed by atoms with Crippen molar-refractivity contribution < 1.29 is 28.7 Å². The molecule has 0 bridgehead atoms. The van der Waals surface area contributed by atoms with E-state index in [-0.39, 0.29) is 31.2 Å². The average Bonchev–Trinajstić information content (AvgIpc) is 3.15. The van der Waals surface area contributed by atoms with E-state index >= 15 is 0 Å². The molecule has 0 atom stereocenters. The Balaban J connectivity index is 1.66. The number of esters is 1. The van der Waals surface area contributed by atoms with Crippen molar-refractivity contribution in [3.63, 3.8) is 0 Å². The van der Waals surface area contributed by atoms with E-state index in [1.807, 2.05) is 12.1 Å². The molecule has 1 aromatic heterocycles. The van der Waals surface area contributed by atoms with Gasteiger partial charge in [-0.15, -0.1) is 0 Å². The van der Waals surface area contributed by atoms with Crippen LogP contribution in [0.5, 0.6) is 11.5 Å².